The number of hydrogen-bond donors (Lipinski definition) is 1. The number of rotatable bonds is 2. The lowest BCUT2D eigenvalue weighted by Gasteiger charge is -1.94. The second-order valence-corrected chi connectivity index (χ2v) is 2.15. The van der Waals surface area contributed by atoms with Crippen LogP contribution in [0.15, 0.2) is 23.1 Å². The number of H-pyrrole nitrogens is 1. The quantitative estimate of drug-likeness (QED) is 0.649. The lowest BCUT2D eigenvalue weighted by Crippen LogP contribution is -2.00. The fourth-order valence-corrected chi connectivity index (χ4v) is 0.827. The van der Waals surface area contributed by atoms with Crippen molar-refractivity contribution in [1.82, 2.24) is 4.98 Å². The molecular formula is C8H10NO. The van der Waals surface area contributed by atoms with Crippen molar-refractivity contribution in [3.8, 4) is 0 Å². The Morgan fingerprint density at radius 2 is 2.40 bits per heavy atom. The monoisotopic (exact) mass is 136 g/mol. The van der Waals surface area contributed by atoms with Crippen molar-refractivity contribution < 1.29 is 0 Å². The van der Waals surface area contributed by atoms with E-state index in [9.17, 15) is 4.79 Å². The van der Waals surface area contributed by atoms with Crippen LogP contribution in [0.3, 0.4) is 0 Å². The van der Waals surface area contributed by atoms with Crippen molar-refractivity contribution in [1.29, 1.82) is 0 Å². The van der Waals surface area contributed by atoms with E-state index in [1.165, 1.54) is 6.07 Å². The van der Waals surface area contributed by atoms with Crippen LogP contribution in [0, 0.1) is 6.92 Å². The molecule has 1 aromatic heterocycles. The maximum absolute atomic E-state index is 10.7. The number of aryl methyl sites for hydroxylation is 1. The van der Waals surface area contributed by atoms with Crippen LogP contribution >= 0.6 is 0 Å². The minimum Gasteiger partial charge on any atom is -0.365 e. The molecule has 1 aromatic rings. The number of nitrogens with one attached hydrogen (secondary N) is 1. The first-order valence-corrected chi connectivity index (χ1v) is 3.30. The molecule has 1 heterocycles. The van der Waals surface area contributed by atoms with Crippen LogP contribution in [0.25, 0.3) is 0 Å². The highest BCUT2D eigenvalue weighted by Crippen LogP contribution is 1.92. The van der Waals surface area contributed by atoms with Gasteiger partial charge in [0, 0.05) is 24.0 Å². The minimum atomic E-state index is 0.0576. The van der Waals surface area contributed by atoms with Gasteiger partial charge < -0.3 is 4.98 Å². The van der Waals surface area contributed by atoms with Crippen molar-refractivity contribution in [2.45, 2.75) is 12.8 Å². The number of aromatic nitrogens is 1. The third-order valence-corrected chi connectivity index (χ3v) is 1.28. The highest BCUT2D eigenvalue weighted by molar-refractivity contribution is 5.03. The van der Waals surface area contributed by atoms with Gasteiger partial charge in [-0.15, -0.1) is 0 Å². The summed E-state index contributed by atoms with van der Waals surface area (Å²) >= 11 is 0. The highest BCUT2D eigenvalue weighted by atomic mass is 16.1. The first-order valence-electron chi connectivity index (χ1n) is 3.30. The van der Waals surface area contributed by atoms with E-state index in [0.29, 0.717) is 0 Å². The molecule has 0 bridgehead atoms. The molecule has 53 valence electrons. The zero-order valence-electron chi connectivity index (χ0n) is 5.76. The van der Waals surface area contributed by atoms with E-state index in [4.69, 9.17) is 0 Å². The summed E-state index contributed by atoms with van der Waals surface area (Å²) in [6.45, 7) is 3.69. The van der Waals surface area contributed by atoms with Gasteiger partial charge in [0.05, 0.1) is 0 Å². The van der Waals surface area contributed by atoms with Gasteiger partial charge in [0.2, 0.25) is 0 Å². The van der Waals surface area contributed by atoms with Gasteiger partial charge in [0.1, 0.15) is 0 Å². The summed E-state index contributed by atoms with van der Waals surface area (Å²) in [6.07, 6.45) is 3.32. The Bertz CT molecular complexity index is 251. The fraction of sp³-hybridized carbons (Fsp3) is 0.250. The van der Waals surface area contributed by atoms with Gasteiger partial charge in [-0.2, -0.15) is 0 Å². The maximum Gasteiger partial charge on any atom is 0.181 e. The van der Waals surface area contributed by atoms with E-state index in [1.807, 2.05) is 0 Å². The first kappa shape index (κ1) is 7.06. The van der Waals surface area contributed by atoms with Crippen molar-refractivity contribution in [3.63, 3.8) is 0 Å². The molecule has 10 heavy (non-hydrogen) atoms. The molecule has 2 heteroatoms. The Kier molecular flexibility index (Phi) is 2.26. The van der Waals surface area contributed by atoms with Crippen molar-refractivity contribution in [2.24, 2.45) is 0 Å². The molecule has 0 saturated heterocycles. The Balaban J connectivity index is 2.85. The summed E-state index contributed by atoms with van der Waals surface area (Å²) in [5.41, 5.74) is 1.02. The summed E-state index contributed by atoms with van der Waals surface area (Å²) < 4.78 is 0. The smallest absolute Gasteiger partial charge is 0.181 e. The Morgan fingerprint density at radius 1 is 1.60 bits per heavy atom. The van der Waals surface area contributed by atoms with Gasteiger partial charge in [-0.05, 0) is 12.8 Å². The minimum absolute atomic E-state index is 0.0576. The summed E-state index contributed by atoms with van der Waals surface area (Å²) in [5.74, 6) is 0. The fourth-order valence-electron chi connectivity index (χ4n) is 0.827. The van der Waals surface area contributed by atoms with Gasteiger partial charge in [0.25, 0.3) is 0 Å². The molecular weight excluding hydrogens is 126 g/mol. The third kappa shape index (κ3) is 1.72. The van der Waals surface area contributed by atoms with Crippen LogP contribution in [0.1, 0.15) is 12.1 Å². The van der Waals surface area contributed by atoms with Crippen LogP contribution < -0.4 is 5.43 Å². The largest absolute Gasteiger partial charge is 0.365 e. The molecule has 2 nitrogen and oxygen atoms in total. The molecule has 0 aliphatic carbocycles. The molecule has 1 radical (unpaired) electrons. The third-order valence-electron chi connectivity index (χ3n) is 1.28. The van der Waals surface area contributed by atoms with E-state index in [-0.39, 0.29) is 5.43 Å². The van der Waals surface area contributed by atoms with Crippen LogP contribution in [0.4, 0.5) is 0 Å². The second kappa shape index (κ2) is 3.20. The van der Waals surface area contributed by atoms with Gasteiger partial charge in [-0.3, -0.25) is 4.79 Å². The lowest BCUT2D eigenvalue weighted by atomic mass is 10.2. The lowest BCUT2D eigenvalue weighted by molar-refractivity contribution is 0.938. The van der Waals surface area contributed by atoms with Crippen LogP contribution in [0.2, 0.25) is 0 Å². The normalized spacial score (nSPS) is 9.70. The Labute approximate surface area is 59.9 Å². The first-order chi connectivity index (χ1) is 4.83. The molecule has 0 saturated carbocycles. The van der Waals surface area contributed by atoms with Gasteiger partial charge in [-0.1, -0.05) is 6.92 Å². The van der Waals surface area contributed by atoms with Gasteiger partial charge >= 0.3 is 0 Å². The molecule has 0 aliphatic rings. The molecule has 0 aromatic carbocycles. The van der Waals surface area contributed by atoms with E-state index in [0.717, 1.165) is 18.5 Å². The molecule has 0 atom stereocenters. The zero-order chi connectivity index (χ0) is 7.40. The molecule has 0 fully saturated rings. The summed E-state index contributed by atoms with van der Waals surface area (Å²) in [5, 5.41) is 0. The van der Waals surface area contributed by atoms with Crippen molar-refractivity contribution >= 4 is 0 Å². The second-order valence-electron chi connectivity index (χ2n) is 2.15. The van der Waals surface area contributed by atoms with E-state index in [1.54, 1.807) is 12.3 Å². The summed E-state index contributed by atoms with van der Waals surface area (Å²) in [6, 6.07) is 3.11. The maximum atomic E-state index is 10.7. The molecule has 0 aliphatic heterocycles. The summed E-state index contributed by atoms with van der Waals surface area (Å²) in [7, 11) is 0. The Hall–Kier alpha value is -1.05. The van der Waals surface area contributed by atoms with Gasteiger partial charge in [-0.25, -0.2) is 0 Å². The average molecular weight is 136 g/mol. The van der Waals surface area contributed by atoms with Crippen LogP contribution in [-0.4, -0.2) is 4.98 Å². The SMILES string of the molecule is [CH2]CCc1cc(=O)cc[nH]1. The van der Waals surface area contributed by atoms with Crippen LogP contribution in [0.5, 0.6) is 0 Å². The predicted molar refractivity (Wildman–Crippen MR) is 40.7 cm³/mol. The molecule has 0 spiro atoms. The topological polar surface area (TPSA) is 32.9 Å². The highest BCUT2D eigenvalue weighted by Gasteiger charge is 1.89. The molecule has 1 rings (SSSR count). The predicted octanol–water partition coefficient (Wildman–Crippen LogP) is 1.14. The number of pyridine rings is 1. The van der Waals surface area contributed by atoms with E-state index < -0.39 is 0 Å². The molecule has 1 N–H and O–H groups in total. The van der Waals surface area contributed by atoms with Crippen molar-refractivity contribution in [2.75, 3.05) is 0 Å². The number of hydrogen-bond acceptors (Lipinski definition) is 1. The number of aromatic amines is 1. The summed E-state index contributed by atoms with van der Waals surface area (Å²) in [4.78, 5) is 13.7. The van der Waals surface area contributed by atoms with Crippen molar-refractivity contribution in [3.05, 3.63) is 41.2 Å². The molecule has 0 amide bonds. The Morgan fingerprint density at radius 3 is 3.00 bits per heavy atom. The van der Waals surface area contributed by atoms with Crippen LogP contribution in [-0.2, 0) is 6.42 Å². The van der Waals surface area contributed by atoms with E-state index in [2.05, 4.69) is 11.9 Å². The molecule has 0 unspecified atom stereocenters. The zero-order valence-corrected chi connectivity index (χ0v) is 5.76. The van der Waals surface area contributed by atoms with E-state index >= 15 is 0 Å². The standard InChI is InChI=1S/C8H10NO/c1-2-3-7-6-8(10)4-5-9-7/h4-6H,1-3H2,(H,9,10). The average Bonchev–Trinajstić information content (AvgIpc) is 1.88. The van der Waals surface area contributed by atoms with Gasteiger partial charge in [0.15, 0.2) is 5.43 Å².